The molecule has 7 heteroatoms. The molecule has 0 amide bonds. The molecule has 0 saturated heterocycles. The van der Waals surface area contributed by atoms with Gasteiger partial charge in [0.2, 0.25) is 0 Å². The van der Waals surface area contributed by atoms with E-state index in [0.717, 1.165) is 15.6 Å². The third-order valence-electron chi connectivity index (χ3n) is 3.11. The number of thiophene rings is 1. The summed E-state index contributed by atoms with van der Waals surface area (Å²) in [6.45, 7) is 3.77. The van der Waals surface area contributed by atoms with Crippen LogP contribution in [0.4, 0.5) is 0 Å². The zero-order valence-corrected chi connectivity index (χ0v) is 13.8. The van der Waals surface area contributed by atoms with Gasteiger partial charge >= 0.3 is 5.97 Å². The molecular formula is C15H14N2O3S2. The number of carbonyl (C=O) groups excluding carboxylic acids is 1. The number of nitrogens with zero attached hydrogens (tertiary/aromatic N) is 2. The van der Waals surface area contributed by atoms with Crippen LogP contribution in [0.15, 0.2) is 27.4 Å². The summed E-state index contributed by atoms with van der Waals surface area (Å²) in [6, 6.07) is 4.01. The minimum atomic E-state index is -0.415. The molecule has 22 heavy (non-hydrogen) atoms. The minimum absolute atomic E-state index is 0.147. The van der Waals surface area contributed by atoms with Crippen molar-refractivity contribution in [2.24, 2.45) is 0 Å². The number of rotatable bonds is 5. The second kappa shape index (κ2) is 6.41. The van der Waals surface area contributed by atoms with Gasteiger partial charge in [0.05, 0.1) is 16.3 Å². The van der Waals surface area contributed by atoms with Crippen molar-refractivity contribution in [1.82, 2.24) is 10.1 Å². The first-order chi connectivity index (χ1) is 10.7. The summed E-state index contributed by atoms with van der Waals surface area (Å²) >= 11 is 3.18. The second-order valence-electron chi connectivity index (χ2n) is 4.61. The second-order valence-corrected chi connectivity index (χ2v) is 6.42. The summed E-state index contributed by atoms with van der Waals surface area (Å²) < 4.78 is 10.4. The van der Waals surface area contributed by atoms with Gasteiger partial charge in [0.25, 0.3) is 0 Å². The Labute approximate surface area is 135 Å². The molecule has 0 unspecified atom stereocenters. The summed E-state index contributed by atoms with van der Waals surface area (Å²) in [4.78, 5) is 17.8. The highest BCUT2D eigenvalue weighted by Gasteiger charge is 2.21. The van der Waals surface area contributed by atoms with Gasteiger partial charge in [-0.05, 0) is 24.8 Å². The lowest BCUT2D eigenvalue weighted by molar-refractivity contribution is 0.0465. The minimum Gasteiger partial charge on any atom is -0.455 e. The number of thiazole rings is 1. The summed E-state index contributed by atoms with van der Waals surface area (Å²) in [5.74, 6) is 0.0701. The molecule has 0 N–H and O–H groups in total. The standard InChI is InChI=1S/C15H14N2O3S2/c1-3-11-13(9(2)20-17-11)15(18)19-7-10-8-22-14(16-10)12-5-4-6-21-12/h4-6,8H,3,7H2,1-2H3. The Balaban J connectivity index is 1.68. The van der Waals surface area contributed by atoms with Gasteiger partial charge in [0.1, 0.15) is 22.9 Å². The zero-order chi connectivity index (χ0) is 15.5. The van der Waals surface area contributed by atoms with Crippen molar-refractivity contribution in [2.75, 3.05) is 0 Å². The van der Waals surface area contributed by atoms with Crippen LogP contribution < -0.4 is 0 Å². The molecule has 0 aromatic carbocycles. The Kier molecular flexibility index (Phi) is 4.35. The Morgan fingerprint density at radius 2 is 2.27 bits per heavy atom. The van der Waals surface area contributed by atoms with Gasteiger partial charge < -0.3 is 9.26 Å². The van der Waals surface area contributed by atoms with Crippen molar-refractivity contribution in [3.05, 3.63) is 45.6 Å². The highest BCUT2D eigenvalue weighted by atomic mass is 32.1. The lowest BCUT2D eigenvalue weighted by atomic mass is 10.1. The molecule has 0 spiro atoms. The van der Waals surface area contributed by atoms with E-state index in [1.165, 1.54) is 0 Å². The smallest absolute Gasteiger partial charge is 0.344 e. The summed E-state index contributed by atoms with van der Waals surface area (Å²) in [5.41, 5.74) is 1.80. The van der Waals surface area contributed by atoms with Crippen LogP contribution in [0.5, 0.6) is 0 Å². The molecule has 0 atom stereocenters. The van der Waals surface area contributed by atoms with E-state index in [0.29, 0.717) is 23.4 Å². The SMILES string of the molecule is CCc1noc(C)c1C(=O)OCc1csc(-c2cccs2)n1. The van der Waals surface area contributed by atoms with E-state index in [-0.39, 0.29) is 6.61 Å². The Hall–Kier alpha value is -1.99. The van der Waals surface area contributed by atoms with Crippen LogP contribution in [0.1, 0.15) is 34.4 Å². The number of aryl methyl sites for hydroxylation is 2. The highest BCUT2D eigenvalue weighted by Crippen LogP contribution is 2.28. The molecular weight excluding hydrogens is 320 g/mol. The van der Waals surface area contributed by atoms with Crippen molar-refractivity contribution < 1.29 is 14.1 Å². The lowest BCUT2D eigenvalue weighted by Gasteiger charge is -2.02. The van der Waals surface area contributed by atoms with Gasteiger partial charge in [0.15, 0.2) is 0 Å². The molecule has 0 bridgehead atoms. The highest BCUT2D eigenvalue weighted by molar-refractivity contribution is 7.20. The van der Waals surface area contributed by atoms with E-state index in [1.807, 2.05) is 29.8 Å². The first-order valence-electron chi connectivity index (χ1n) is 6.79. The Morgan fingerprint density at radius 3 is 3.00 bits per heavy atom. The van der Waals surface area contributed by atoms with Crippen LogP contribution in [0.2, 0.25) is 0 Å². The van der Waals surface area contributed by atoms with Crippen LogP contribution in [0.3, 0.4) is 0 Å². The number of hydrogen-bond acceptors (Lipinski definition) is 7. The summed E-state index contributed by atoms with van der Waals surface area (Å²) in [6.07, 6.45) is 0.626. The van der Waals surface area contributed by atoms with Crippen LogP contribution in [-0.4, -0.2) is 16.1 Å². The van der Waals surface area contributed by atoms with E-state index in [4.69, 9.17) is 9.26 Å². The monoisotopic (exact) mass is 334 g/mol. The molecule has 3 rings (SSSR count). The molecule has 0 aliphatic heterocycles. The van der Waals surface area contributed by atoms with Gasteiger partial charge in [-0.15, -0.1) is 22.7 Å². The number of hydrogen-bond donors (Lipinski definition) is 0. The molecule has 0 aliphatic carbocycles. The third kappa shape index (κ3) is 2.95. The van der Waals surface area contributed by atoms with E-state index in [2.05, 4.69) is 10.1 Å². The molecule has 0 saturated carbocycles. The van der Waals surface area contributed by atoms with E-state index < -0.39 is 5.97 Å². The number of carbonyl (C=O) groups is 1. The quantitative estimate of drug-likeness (QED) is 0.658. The number of aromatic nitrogens is 2. The Bertz CT molecular complexity index is 775. The number of ether oxygens (including phenoxy) is 1. The summed E-state index contributed by atoms with van der Waals surface area (Å²) in [5, 5.41) is 8.72. The van der Waals surface area contributed by atoms with Gasteiger partial charge in [-0.2, -0.15) is 0 Å². The predicted octanol–water partition coefficient (Wildman–Crippen LogP) is 4.09. The van der Waals surface area contributed by atoms with Gasteiger partial charge in [0, 0.05) is 5.38 Å². The fourth-order valence-corrected chi connectivity index (χ4v) is 3.64. The maximum atomic E-state index is 12.2. The molecule has 3 aromatic rings. The molecule has 0 radical (unpaired) electrons. The van der Waals surface area contributed by atoms with Gasteiger partial charge in [-0.3, -0.25) is 0 Å². The first kappa shape index (κ1) is 14.9. The first-order valence-corrected chi connectivity index (χ1v) is 8.55. The topological polar surface area (TPSA) is 65.2 Å². The van der Waals surface area contributed by atoms with Crippen LogP contribution in [-0.2, 0) is 17.8 Å². The fourth-order valence-electron chi connectivity index (χ4n) is 2.02. The van der Waals surface area contributed by atoms with Gasteiger partial charge in [-0.25, -0.2) is 9.78 Å². The van der Waals surface area contributed by atoms with Gasteiger partial charge in [-0.1, -0.05) is 18.1 Å². The van der Waals surface area contributed by atoms with Crippen molar-refractivity contribution in [3.8, 4) is 9.88 Å². The zero-order valence-electron chi connectivity index (χ0n) is 12.2. The van der Waals surface area contributed by atoms with Crippen molar-refractivity contribution >= 4 is 28.6 Å². The van der Waals surface area contributed by atoms with E-state index in [9.17, 15) is 4.79 Å². The largest absolute Gasteiger partial charge is 0.455 e. The Morgan fingerprint density at radius 1 is 1.41 bits per heavy atom. The predicted molar refractivity (Wildman–Crippen MR) is 85.2 cm³/mol. The fraction of sp³-hybridized carbons (Fsp3) is 0.267. The van der Waals surface area contributed by atoms with Crippen LogP contribution in [0, 0.1) is 6.92 Å². The van der Waals surface area contributed by atoms with Crippen molar-refractivity contribution in [1.29, 1.82) is 0 Å². The molecule has 3 aromatic heterocycles. The molecule has 0 aliphatic rings. The molecule has 0 fully saturated rings. The maximum Gasteiger partial charge on any atom is 0.344 e. The molecule has 5 nitrogen and oxygen atoms in total. The van der Waals surface area contributed by atoms with Crippen LogP contribution >= 0.6 is 22.7 Å². The van der Waals surface area contributed by atoms with Crippen molar-refractivity contribution in [2.45, 2.75) is 26.9 Å². The maximum absolute atomic E-state index is 12.2. The van der Waals surface area contributed by atoms with E-state index >= 15 is 0 Å². The molecule has 114 valence electrons. The molecule has 3 heterocycles. The average molecular weight is 334 g/mol. The lowest BCUT2D eigenvalue weighted by Crippen LogP contribution is -2.08. The third-order valence-corrected chi connectivity index (χ3v) is 5.04. The van der Waals surface area contributed by atoms with Crippen LogP contribution in [0.25, 0.3) is 9.88 Å². The van der Waals surface area contributed by atoms with Crippen molar-refractivity contribution in [3.63, 3.8) is 0 Å². The normalized spacial score (nSPS) is 10.8. The summed E-state index contributed by atoms with van der Waals surface area (Å²) in [7, 11) is 0. The number of esters is 1. The van der Waals surface area contributed by atoms with E-state index in [1.54, 1.807) is 29.6 Å². The average Bonchev–Trinajstić information content (AvgIpc) is 3.24.